The fraction of sp³-hybridized carbons (Fsp3) is 0.357. The van der Waals surface area contributed by atoms with Crippen LogP contribution in [0.1, 0.15) is 36.7 Å². The molecule has 0 saturated carbocycles. The van der Waals surface area contributed by atoms with Crippen LogP contribution in [-0.4, -0.2) is 17.3 Å². The van der Waals surface area contributed by atoms with Crippen molar-refractivity contribution in [3.8, 4) is 11.8 Å². The molecule has 1 rings (SSSR count). The SMILES string of the molecule is CC(C)(C)OC(=O)c1ccc(C#CCS)cc1. The third-order valence-corrected chi connectivity index (χ3v) is 1.99. The number of benzene rings is 1. The summed E-state index contributed by atoms with van der Waals surface area (Å²) in [7, 11) is 0. The minimum Gasteiger partial charge on any atom is -0.456 e. The molecule has 0 unspecified atom stereocenters. The van der Waals surface area contributed by atoms with Crippen molar-refractivity contribution in [3.63, 3.8) is 0 Å². The van der Waals surface area contributed by atoms with E-state index in [-0.39, 0.29) is 5.97 Å². The summed E-state index contributed by atoms with van der Waals surface area (Å²) >= 11 is 4.00. The summed E-state index contributed by atoms with van der Waals surface area (Å²) < 4.78 is 5.26. The Bertz CT molecular complexity index is 444. The standard InChI is InChI=1S/C14H16O2S/c1-14(2,3)16-13(15)12-8-6-11(7-9-12)5-4-10-17/h6-9,17H,10H2,1-3H3. The smallest absolute Gasteiger partial charge is 0.338 e. The first-order valence-corrected chi connectivity index (χ1v) is 5.99. The Morgan fingerprint density at radius 2 is 1.88 bits per heavy atom. The number of hydrogen-bond acceptors (Lipinski definition) is 3. The summed E-state index contributed by atoms with van der Waals surface area (Å²) in [6, 6.07) is 7.04. The van der Waals surface area contributed by atoms with Gasteiger partial charge in [0.25, 0.3) is 0 Å². The number of thiol groups is 1. The van der Waals surface area contributed by atoms with Crippen LogP contribution in [0.5, 0.6) is 0 Å². The van der Waals surface area contributed by atoms with Gasteiger partial charge in [0.05, 0.1) is 11.3 Å². The fourth-order valence-corrected chi connectivity index (χ4v) is 1.25. The molecule has 2 nitrogen and oxygen atoms in total. The van der Waals surface area contributed by atoms with Gasteiger partial charge < -0.3 is 4.74 Å². The van der Waals surface area contributed by atoms with E-state index < -0.39 is 5.60 Å². The highest BCUT2D eigenvalue weighted by Crippen LogP contribution is 2.12. The molecule has 1 aromatic rings. The average molecular weight is 248 g/mol. The molecular weight excluding hydrogens is 232 g/mol. The third kappa shape index (κ3) is 4.97. The van der Waals surface area contributed by atoms with E-state index in [1.807, 2.05) is 20.8 Å². The summed E-state index contributed by atoms with van der Waals surface area (Å²) in [5.41, 5.74) is 0.935. The lowest BCUT2D eigenvalue weighted by atomic mass is 10.1. The normalized spacial score (nSPS) is 10.4. The summed E-state index contributed by atoms with van der Waals surface area (Å²) in [6.07, 6.45) is 0. The first kappa shape index (κ1) is 13.7. The number of esters is 1. The quantitative estimate of drug-likeness (QED) is 0.470. The highest BCUT2D eigenvalue weighted by Gasteiger charge is 2.17. The number of ether oxygens (including phenoxy) is 1. The zero-order valence-corrected chi connectivity index (χ0v) is 11.2. The zero-order valence-electron chi connectivity index (χ0n) is 10.3. The van der Waals surface area contributed by atoms with Gasteiger partial charge in [-0.05, 0) is 45.0 Å². The number of rotatable bonds is 1. The molecule has 0 N–H and O–H groups in total. The van der Waals surface area contributed by atoms with Crippen molar-refractivity contribution in [2.75, 3.05) is 5.75 Å². The lowest BCUT2D eigenvalue weighted by Crippen LogP contribution is -2.23. The van der Waals surface area contributed by atoms with Gasteiger partial charge in [0.1, 0.15) is 5.60 Å². The van der Waals surface area contributed by atoms with E-state index in [4.69, 9.17) is 4.74 Å². The van der Waals surface area contributed by atoms with Crippen LogP contribution in [0, 0.1) is 11.8 Å². The molecule has 0 amide bonds. The Morgan fingerprint density at radius 1 is 1.29 bits per heavy atom. The highest BCUT2D eigenvalue weighted by atomic mass is 32.1. The van der Waals surface area contributed by atoms with Crippen LogP contribution in [0.4, 0.5) is 0 Å². The van der Waals surface area contributed by atoms with E-state index in [0.717, 1.165) is 5.56 Å². The largest absolute Gasteiger partial charge is 0.456 e. The molecule has 1 aromatic carbocycles. The lowest BCUT2D eigenvalue weighted by molar-refractivity contribution is 0.00696. The lowest BCUT2D eigenvalue weighted by Gasteiger charge is -2.19. The third-order valence-electron chi connectivity index (χ3n) is 1.83. The second kappa shape index (κ2) is 5.79. The van der Waals surface area contributed by atoms with Crippen LogP contribution in [0.25, 0.3) is 0 Å². The molecule has 0 fully saturated rings. The van der Waals surface area contributed by atoms with Crippen molar-refractivity contribution in [2.24, 2.45) is 0 Å². The molecule has 0 aromatic heterocycles. The van der Waals surface area contributed by atoms with Gasteiger partial charge in [0.2, 0.25) is 0 Å². The Kier molecular flexibility index (Phi) is 4.65. The molecule has 0 aliphatic carbocycles. The van der Waals surface area contributed by atoms with Crippen LogP contribution in [0.15, 0.2) is 24.3 Å². The van der Waals surface area contributed by atoms with Gasteiger partial charge >= 0.3 is 5.97 Å². The van der Waals surface area contributed by atoms with Crippen LogP contribution in [-0.2, 0) is 4.74 Å². The van der Waals surface area contributed by atoms with Crippen LogP contribution in [0.3, 0.4) is 0 Å². The number of carbonyl (C=O) groups is 1. The second-order valence-corrected chi connectivity index (χ2v) is 4.86. The summed E-state index contributed by atoms with van der Waals surface area (Å²) in [4.78, 5) is 11.7. The fourth-order valence-electron chi connectivity index (χ4n) is 1.17. The monoisotopic (exact) mass is 248 g/mol. The maximum atomic E-state index is 11.7. The molecule has 0 radical (unpaired) electrons. The van der Waals surface area contributed by atoms with Crippen LogP contribution in [0.2, 0.25) is 0 Å². The highest BCUT2D eigenvalue weighted by molar-refractivity contribution is 7.80. The molecule has 3 heteroatoms. The summed E-state index contributed by atoms with van der Waals surface area (Å²) in [6.45, 7) is 5.53. The molecule has 0 aliphatic rings. The van der Waals surface area contributed by atoms with Crippen LogP contribution < -0.4 is 0 Å². The van der Waals surface area contributed by atoms with Crippen molar-refractivity contribution < 1.29 is 9.53 Å². The maximum absolute atomic E-state index is 11.7. The Labute approximate surface area is 108 Å². The van der Waals surface area contributed by atoms with Crippen molar-refractivity contribution in [3.05, 3.63) is 35.4 Å². The van der Waals surface area contributed by atoms with Crippen molar-refractivity contribution in [1.29, 1.82) is 0 Å². The molecule has 0 heterocycles. The maximum Gasteiger partial charge on any atom is 0.338 e. The molecule has 0 spiro atoms. The zero-order chi connectivity index (χ0) is 12.9. The molecule has 0 saturated heterocycles. The second-order valence-electron chi connectivity index (χ2n) is 4.54. The first-order chi connectivity index (χ1) is 7.92. The molecule has 17 heavy (non-hydrogen) atoms. The molecule has 90 valence electrons. The Hall–Kier alpha value is -1.40. The van der Waals surface area contributed by atoms with Gasteiger partial charge in [-0.25, -0.2) is 4.79 Å². The van der Waals surface area contributed by atoms with E-state index in [2.05, 4.69) is 24.5 Å². The molecule has 0 aliphatic heterocycles. The van der Waals surface area contributed by atoms with Gasteiger partial charge in [-0.1, -0.05) is 11.8 Å². The van der Waals surface area contributed by atoms with E-state index in [1.54, 1.807) is 24.3 Å². The predicted molar refractivity (Wildman–Crippen MR) is 72.3 cm³/mol. The number of carbonyl (C=O) groups excluding carboxylic acids is 1. The van der Waals surface area contributed by atoms with Gasteiger partial charge in [-0.2, -0.15) is 12.6 Å². The minimum atomic E-state index is -0.471. The van der Waals surface area contributed by atoms with Crippen molar-refractivity contribution in [2.45, 2.75) is 26.4 Å². The van der Waals surface area contributed by atoms with E-state index in [9.17, 15) is 4.79 Å². The van der Waals surface area contributed by atoms with Crippen molar-refractivity contribution in [1.82, 2.24) is 0 Å². The topological polar surface area (TPSA) is 26.3 Å². The van der Waals surface area contributed by atoms with E-state index in [1.165, 1.54) is 0 Å². The van der Waals surface area contributed by atoms with Gasteiger partial charge in [-0.3, -0.25) is 0 Å². The average Bonchev–Trinajstić information content (AvgIpc) is 2.24. The van der Waals surface area contributed by atoms with Crippen molar-refractivity contribution >= 4 is 18.6 Å². The minimum absolute atomic E-state index is 0.314. The van der Waals surface area contributed by atoms with Gasteiger partial charge in [-0.15, -0.1) is 0 Å². The number of hydrogen-bond donors (Lipinski definition) is 1. The van der Waals surface area contributed by atoms with E-state index >= 15 is 0 Å². The van der Waals surface area contributed by atoms with Gasteiger partial charge in [0.15, 0.2) is 0 Å². The van der Waals surface area contributed by atoms with Gasteiger partial charge in [0, 0.05) is 5.56 Å². The molecular formula is C14H16O2S. The Balaban J connectivity index is 2.77. The Morgan fingerprint density at radius 3 is 2.35 bits per heavy atom. The predicted octanol–water partition coefficient (Wildman–Crippen LogP) is 2.92. The summed E-state index contributed by atoms with van der Waals surface area (Å²) in [5.74, 6) is 5.99. The molecule has 0 bridgehead atoms. The van der Waals surface area contributed by atoms with Crippen LogP contribution >= 0.6 is 12.6 Å². The summed E-state index contributed by atoms with van der Waals surface area (Å²) in [5, 5.41) is 0. The first-order valence-electron chi connectivity index (χ1n) is 5.35. The molecule has 0 atom stereocenters. The van der Waals surface area contributed by atoms with E-state index in [0.29, 0.717) is 11.3 Å².